The van der Waals surface area contributed by atoms with Crippen molar-refractivity contribution in [3.05, 3.63) is 15.6 Å². The maximum absolute atomic E-state index is 12.5. The molecule has 2 aromatic heterocycles. The van der Waals surface area contributed by atoms with Crippen molar-refractivity contribution < 1.29 is 4.79 Å². The molecule has 4 bridgehead atoms. The summed E-state index contributed by atoms with van der Waals surface area (Å²) in [6, 6.07) is 0. The molecule has 0 saturated heterocycles. The number of nitrogens with one attached hydrogen (secondary N) is 1. The van der Waals surface area contributed by atoms with Gasteiger partial charge in [0.2, 0.25) is 5.13 Å². The van der Waals surface area contributed by atoms with Gasteiger partial charge in [-0.1, -0.05) is 22.7 Å². The van der Waals surface area contributed by atoms with Gasteiger partial charge >= 0.3 is 0 Å². The summed E-state index contributed by atoms with van der Waals surface area (Å²) in [7, 11) is 0. The number of aryl methyl sites for hydroxylation is 1. The Labute approximate surface area is 154 Å². The van der Waals surface area contributed by atoms with Crippen LogP contribution in [0.3, 0.4) is 0 Å². The number of anilines is 1. The van der Waals surface area contributed by atoms with Crippen LogP contribution in [-0.2, 0) is 11.8 Å². The fourth-order valence-electron chi connectivity index (χ4n) is 5.63. The van der Waals surface area contributed by atoms with Crippen LogP contribution < -0.4 is 5.32 Å². The van der Waals surface area contributed by atoms with Crippen molar-refractivity contribution in [3.8, 4) is 0 Å². The molecule has 1 N–H and O–H groups in total. The molecular formula is C17H21N5OS2. The van der Waals surface area contributed by atoms with Crippen molar-refractivity contribution in [3.63, 3.8) is 0 Å². The third kappa shape index (κ3) is 2.61. The minimum Gasteiger partial charge on any atom is -0.296 e. The normalized spacial score (nSPS) is 32.9. The molecule has 0 aliphatic heterocycles. The first-order valence-corrected chi connectivity index (χ1v) is 10.7. The van der Waals surface area contributed by atoms with Gasteiger partial charge in [0.05, 0.1) is 5.69 Å². The molecule has 0 radical (unpaired) electrons. The number of amides is 1. The topological polar surface area (TPSA) is 80.7 Å². The number of carbonyl (C=O) groups excluding carboxylic acids is 1. The average Bonchev–Trinajstić information content (AvgIpc) is 3.22. The molecule has 2 aromatic rings. The van der Waals surface area contributed by atoms with E-state index in [0.717, 1.165) is 40.0 Å². The second kappa shape index (κ2) is 5.81. The Balaban J connectivity index is 1.37. The van der Waals surface area contributed by atoms with Crippen molar-refractivity contribution in [2.24, 2.45) is 17.8 Å². The van der Waals surface area contributed by atoms with Gasteiger partial charge in [0.25, 0.3) is 5.91 Å². The van der Waals surface area contributed by atoms with Gasteiger partial charge in [-0.3, -0.25) is 10.1 Å². The number of rotatable bonds is 4. The van der Waals surface area contributed by atoms with E-state index in [4.69, 9.17) is 0 Å². The minimum absolute atomic E-state index is 0.167. The summed E-state index contributed by atoms with van der Waals surface area (Å²) in [6.45, 7) is 1.98. The highest BCUT2D eigenvalue weighted by atomic mass is 32.1. The quantitative estimate of drug-likeness (QED) is 0.882. The fourth-order valence-corrected chi connectivity index (χ4v) is 7.23. The van der Waals surface area contributed by atoms with Crippen molar-refractivity contribution in [1.29, 1.82) is 0 Å². The number of aromatic nitrogens is 4. The Morgan fingerprint density at radius 2 is 1.80 bits per heavy atom. The lowest BCUT2D eigenvalue weighted by molar-refractivity contribution is -0.00555. The van der Waals surface area contributed by atoms with Crippen LogP contribution in [0.15, 0.2) is 0 Å². The third-order valence-electron chi connectivity index (χ3n) is 6.23. The molecule has 4 fully saturated rings. The van der Waals surface area contributed by atoms with Gasteiger partial charge in [-0.2, -0.15) is 0 Å². The summed E-state index contributed by atoms with van der Waals surface area (Å²) < 4.78 is 3.89. The lowest BCUT2D eigenvalue weighted by Gasteiger charge is -2.55. The van der Waals surface area contributed by atoms with E-state index >= 15 is 0 Å². The number of hydrogen-bond acceptors (Lipinski definition) is 7. The Morgan fingerprint density at radius 1 is 1.12 bits per heavy atom. The van der Waals surface area contributed by atoms with E-state index in [-0.39, 0.29) is 11.3 Å². The Hall–Kier alpha value is -1.41. The summed E-state index contributed by atoms with van der Waals surface area (Å²) >= 11 is 2.71. The number of hydrogen-bond donors (Lipinski definition) is 1. The molecule has 4 aliphatic carbocycles. The van der Waals surface area contributed by atoms with Gasteiger partial charge in [0, 0.05) is 5.41 Å². The molecule has 1 amide bonds. The van der Waals surface area contributed by atoms with Crippen LogP contribution in [0.1, 0.15) is 65.8 Å². The van der Waals surface area contributed by atoms with E-state index in [2.05, 4.69) is 25.1 Å². The summed E-state index contributed by atoms with van der Waals surface area (Å²) in [6.07, 6.45) is 8.74. The van der Waals surface area contributed by atoms with Crippen molar-refractivity contribution in [2.75, 3.05) is 5.32 Å². The zero-order valence-electron chi connectivity index (χ0n) is 14.2. The molecule has 25 heavy (non-hydrogen) atoms. The first-order chi connectivity index (χ1) is 12.1. The second-order valence-corrected chi connectivity index (χ2v) is 9.70. The minimum atomic E-state index is -0.167. The first kappa shape index (κ1) is 15.8. The van der Waals surface area contributed by atoms with E-state index in [1.165, 1.54) is 38.5 Å². The van der Waals surface area contributed by atoms with Crippen LogP contribution in [-0.4, -0.2) is 25.7 Å². The van der Waals surface area contributed by atoms with Crippen molar-refractivity contribution >= 4 is 33.9 Å². The fraction of sp³-hybridized carbons (Fsp3) is 0.706. The van der Waals surface area contributed by atoms with Gasteiger partial charge in [0.1, 0.15) is 9.88 Å². The standard InChI is InChI=1S/C17H21N5OS2/c1-2-12-13(25-22-19-12)14(23)18-16-21-20-15(24-16)17-6-9-3-10(7-17)5-11(4-9)8-17/h9-11H,2-8H2,1H3,(H,18,21,23). The smallest absolute Gasteiger partial charge is 0.271 e. The van der Waals surface area contributed by atoms with Crippen LogP contribution in [0, 0.1) is 17.8 Å². The van der Waals surface area contributed by atoms with E-state index in [1.54, 1.807) is 11.3 Å². The molecule has 4 aliphatic rings. The summed E-state index contributed by atoms with van der Waals surface area (Å²) in [5.41, 5.74) is 0.976. The molecule has 4 saturated carbocycles. The first-order valence-electron chi connectivity index (χ1n) is 9.12. The second-order valence-electron chi connectivity index (χ2n) is 7.97. The van der Waals surface area contributed by atoms with Gasteiger partial charge in [-0.05, 0) is 74.2 Å². The molecule has 0 unspecified atom stereocenters. The van der Waals surface area contributed by atoms with Crippen LogP contribution in [0.4, 0.5) is 5.13 Å². The molecule has 8 heteroatoms. The zero-order chi connectivity index (χ0) is 17.0. The molecular weight excluding hydrogens is 354 g/mol. The van der Waals surface area contributed by atoms with Crippen LogP contribution in [0.5, 0.6) is 0 Å². The van der Waals surface area contributed by atoms with Crippen LogP contribution in [0.2, 0.25) is 0 Å². The van der Waals surface area contributed by atoms with Gasteiger partial charge < -0.3 is 0 Å². The monoisotopic (exact) mass is 375 g/mol. The van der Waals surface area contributed by atoms with Crippen LogP contribution >= 0.6 is 22.9 Å². The molecule has 0 aromatic carbocycles. The Bertz CT molecular complexity index is 778. The number of nitrogens with zero attached hydrogens (tertiary/aromatic N) is 4. The third-order valence-corrected chi connectivity index (χ3v) is 8.09. The maximum atomic E-state index is 12.5. The van der Waals surface area contributed by atoms with E-state index in [9.17, 15) is 4.79 Å². The Kier molecular flexibility index (Phi) is 3.67. The maximum Gasteiger partial charge on any atom is 0.271 e. The summed E-state index contributed by atoms with van der Waals surface area (Å²) in [4.78, 5) is 13.0. The summed E-state index contributed by atoms with van der Waals surface area (Å²) in [5.74, 6) is 2.47. The average molecular weight is 376 g/mol. The predicted molar refractivity (Wildman–Crippen MR) is 97.0 cm³/mol. The van der Waals surface area contributed by atoms with Gasteiger partial charge in [-0.15, -0.1) is 15.3 Å². The zero-order valence-corrected chi connectivity index (χ0v) is 15.8. The largest absolute Gasteiger partial charge is 0.296 e. The summed E-state index contributed by atoms with van der Waals surface area (Å²) in [5, 5.41) is 17.4. The molecule has 0 spiro atoms. The highest BCUT2D eigenvalue weighted by Crippen LogP contribution is 2.61. The van der Waals surface area contributed by atoms with Crippen LogP contribution in [0.25, 0.3) is 0 Å². The molecule has 0 atom stereocenters. The SMILES string of the molecule is CCc1nnsc1C(=O)Nc1nnc(C23CC4CC(CC(C4)C2)C3)s1. The Morgan fingerprint density at radius 3 is 2.44 bits per heavy atom. The highest BCUT2D eigenvalue weighted by molar-refractivity contribution is 7.15. The van der Waals surface area contributed by atoms with Gasteiger partial charge in [-0.25, -0.2) is 0 Å². The number of carbonyl (C=O) groups is 1. The molecule has 132 valence electrons. The van der Waals surface area contributed by atoms with E-state index in [1.807, 2.05) is 6.92 Å². The van der Waals surface area contributed by atoms with E-state index in [0.29, 0.717) is 16.4 Å². The lowest BCUT2D eigenvalue weighted by Crippen LogP contribution is -2.48. The predicted octanol–water partition coefficient (Wildman–Crippen LogP) is 3.67. The van der Waals surface area contributed by atoms with E-state index < -0.39 is 0 Å². The molecule has 6 rings (SSSR count). The lowest BCUT2D eigenvalue weighted by atomic mass is 9.50. The van der Waals surface area contributed by atoms with Gasteiger partial charge in [0.15, 0.2) is 0 Å². The van der Waals surface area contributed by atoms with Crippen molar-refractivity contribution in [1.82, 2.24) is 19.8 Å². The molecule has 2 heterocycles. The van der Waals surface area contributed by atoms with Crippen molar-refractivity contribution in [2.45, 2.75) is 57.3 Å². The highest BCUT2D eigenvalue weighted by Gasteiger charge is 2.53. The molecule has 6 nitrogen and oxygen atoms in total.